The van der Waals surface area contributed by atoms with Gasteiger partial charge in [-0.3, -0.25) is 0 Å². The van der Waals surface area contributed by atoms with E-state index in [-0.39, 0.29) is 5.91 Å². The van der Waals surface area contributed by atoms with Crippen molar-refractivity contribution in [2.45, 2.75) is 51.2 Å². The van der Waals surface area contributed by atoms with Gasteiger partial charge in [-0.15, -0.1) is 0 Å². The molecule has 0 radical (unpaired) electrons. The smallest absolute Gasteiger partial charge is 0.141 e. The third-order valence-corrected chi connectivity index (χ3v) is 9.00. The van der Waals surface area contributed by atoms with Crippen molar-refractivity contribution in [3.63, 3.8) is 0 Å². The van der Waals surface area contributed by atoms with Crippen molar-refractivity contribution < 1.29 is 9.47 Å². The largest absolute Gasteiger partial charge is 0.356 e. The van der Waals surface area contributed by atoms with E-state index in [2.05, 4.69) is 20.8 Å². The summed E-state index contributed by atoms with van der Waals surface area (Å²) in [6.07, 6.45) is 1.07. The van der Waals surface area contributed by atoms with Crippen LogP contribution in [-0.2, 0) is 9.47 Å². The Morgan fingerprint density at radius 1 is 1.00 bits per heavy atom. The molecule has 3 heteroatoms. The third-order valence-electron chi connectivity index (χ3n) is 3.44. The van der Waals surface area contributed by atoms with Crippen LogP contribution in [0.1, 0.15) is 27.2 Å². The molecule has 0 aromatic heterocycles. The molecular formula is C10H22O2Si. The Morgan fingerprint density at radius 3 is 1.85 bits per heavy atom. The summed E-state index contributed by atoms with van der Waals surface area (Å²) in [7, 11) is -1.26. The first-order valence-electron chi connectivity index (χ1n) is 5.52. The maximum atomic E-state index is 5.76. The van der Waals surface area contributed by atoms with Gasteiger partial charge in [0.25, 0.3) is 0 Å². The van der Waals surface area contributed by atoms with E-state index in [9.17, 15) is 0 Å². The second kappa shape index (κ2) is 5.13. The molecule has 1 saturated heterocycles. The van der Waals surface area contributed by atoms with Gasteiger partial charge in [0.05, 0.1) is 13.2 Å². The maximum Gasteiger partial charge on any atom is 0.141 e. The fourth-order valence-electron chi connectivity index (χ4n) is 2.09. The van der Waals surface area contributed by atoms with Crippen LogP contribution in [0, 0.1) is 0 Å². The van der Waals surface area contributed by atoms with Crippen LogP contribution in [0.25, 0.3) is 0 Å². The lowest BCUT2D eigenvalue weighted by Gasteiger charge is -2.38. The maximum absolute atomic E-state index is 5.76. The lowest BCUT2D eigenvalue weighted by molar-refractivity contribution is -0.136. The highest BCUT2D eigenvalue weighted by Crippen LogP contribution is 2.28. The van der Waals surface area contributed by atoms with Gasteiger partial charge in [-0.05, 0) is 6.42 Å². The molecule has 0 N–H and O–H groups in total. The molecule has 0 saturated carbocycles. The van der Waals surface area contributed by atoms with Crippen molar-refractivity contribution in [3.8, 4) is 0 Å². The Labute approximate surface area is 82.6 Å². The molecule has 0 atom stereocenters. The van der Waals surface area contributed by atoms with E-state index >= 15 is 0 Å². The minimum Gasteiger partial charge on any atom is -0.356 e. The van der Waals surface area contributed by atoms with Crippen LogP contribution in [0.4, 0.5) is 0 Å². The predicted octanol–water partition coefficient (Wildman–Crippen LogP) is 2.80. The first kappa shape index (κ1) is 11.2. The highest BCUT2D eigenvalue weighted by atomic mass is 28.3. The van der Waals surface area contributed by atoms with Crippen molar-refractivity contribution in [2.24, 2.45) is 0 Å². The Morgan fingerprint density at radius 2 is 1.46 bits per heavy atom. The van der Waals surface area contributed by atoms with Crippen LogP contribution in [0.3, 0.4) is 0 Å². The lowest BCUT2D eigenvalue weighted by Crippen LogP contribution is -2.50. The molecule has 78 valence electrons. The van der Waals surface area contributed by atoms with E-state index in [1.54, 1.807) is 0 Å². The molecule has 0 amide bonds. The summed E-state index contributed by atoms with van der Waals surface area (Å²) >= 11 is 0. The van der Waals surface area contributed by atoms with Crippen molar-refractivity contribution in [1.29, 1.82) is 0 Å². The summed E-state index contributed by atoms with van der Waals surface area (Å²) in [4.78, 5) is 0. The fraction of sp³-hybridized carbons (Fsp3) is 1.00. The molecule has 0 aromatic rings. The van der Waals surface area contributed by atoms with Gasteiger partial charge in [0.1, 0.15) is 14.0 Å². The second-order valence-corrected chi connectivity index (χ2v) is 9.17. The second-order valence-electron chi connectivity index (χ2n) is 3.85. The fourth-order valence-corrected chi connectivity index (χ4v) is 5.53. The topological polar surface area (TPSA) is 18.5 Å². The number of ether oxygens (including phenoxy) is 2. The Hall–Kier alpha value is 0.137. The number of rotatable bonds is 4. The molecule has 2 nitrogen and oxygen atoms in total. The Balaban J connectivity index is 2.60. The quantitative estimate of drug-likeness (QED) is 0.653. The summed E-state index contributed by atoms with van der Waals surface area (Å²) in [5.41, 5.74) is 0. The van der Waals surface area contributed by atoms with E-state index in [0.717, 1.165) is 19.6 Å². The Bertz CT molecular complexity index is 132. The van der Waals surface area contributed by atoms with Gasteiger partial charge in [-0.1, -0.05) is 38.9 Å². The summed E-state index contributed by atoms with van der Waals surface area (Å²) < 4.78 is 11.5. The number of hydrogen-bond acceptors (Lipinski definition) is 2. The average Bonchev–Trinajstić information content (AvgIpc) is 2.23. The van der Waals surface area contributed by atoms with Crippen LogP contribution in [0.5, 0.6) is 0 Å². The van der Waals surface area contributed by atoms with Crippen LogP contribution >= 0.6 is 0 Å². The summed E-state index contributed by atoms with van der Waals surface area (Å²) in [5.74, 6) is 0.182. The normalized spacial score (nSPS) is 20.5. The highest BCUT2D eigenvalue weighted by molar-refractivity contribution is 6.80. The molecule has 0 bridgehead atoms. The zero-order chi connectivity index (χ0) is 9.73. The molecule has 0 unspecified atom stereocenters. The van der Waals surface area contributed by atoms with Crippen LogP contribution in [-0.4, -0.2) is 27.2 Å². The van der Waals surface area contributed by atoms with Crippen molar-refractivity contribution >= 4 is 8.07 Å². The summed E-state index contributed by atoms with van der Waals surface area (Å²) in [6, 6.07) is 3.85. The van der Waals surface area contributed by atoms with Gasteiger partial charge in [-0.2, -0.15) is 0 Å². The zero-order valence-corrected chi connectivity index (χ0v) is 10.1. The molecular weight excluding hydrogens is 180 g/mol. The monoisotopic (exact) mass is 202 g/mol. The van der Waals surface area contributed by atoms with Gasteiger partial charge in [0.2, 0.25) is 0 Å². The first-order valence-corrected chi connectivity index (χ1v) is 8.22. The predicted molar refractivity (Wildman–Crippen MR) is 57.5 cm³/mol. The molecule has 1 fully saturated rings. The van der Waals surface area contributed by atoms with Gasteiger partial charge in [0, 0.05) is 0 Å². The molecule has 1 aliphatic rings. The minimum absolute atomic E-state index is 0.182. The molecule has 0 aromatic carbocycles. The Kier molecular flexibility index (Phi) is 4.42. The van der Waals surface area contributed by atoms with E-state index in [1.807, 2.05) is 0 Å². The standard InChI is InChI=1S/C10H22O2Si/c1-4-13(5-2,6-3)10-11-8-7-9-12-10/h10H,4-9H2,1-3H3. The van der Waals surface area contributed by atoms with Gasteiger partial charge in [-0.25, -0.2) is 0 Å². The SMILES string of the molecule is CC[Si](CC)(CC)C1OCCCO1. The highest BCUT2D eigenvalue weighted by Gasteiger charge is 2.39. The molecule has 13 heavy (non-hydrogen) atoms. The number of hydrogen-bond donors (Lipinski definition) is 0. The van der Waals surface area contributed by atoms with E-state index in [4.69, 9.17) is 9.47 Å². The van der Waals surface area contributed by atoms with Crippen LogP contribution < -0.4 is 0 Å². The van der Waals surface area contributed by atoms with Gasteiger partial charge < -0.3 is 9.47 Å². The summed E-state index contributed by atoms with van der Waals surface area (Å²) in [5, 5.41) is 0. The molecule has 1 aliphatic heterocycles. The van der Waals surface area contributed by atoms with Crippen molar-refractivity contribution in [2.75, 3.05) is 13.2 Å². The average molecular weight is 202 g/mol. The molecule has 0 aliphatic carbocycles. The minimum atomic E-state index is -1.26. The van der Waals surface area contributed by atoms with Gasteiger partial charge in [0.15, 0.2) is 0 Å². The zero-order valence-electron chi connectivity index (χ0n) is 9.14. The van der Waals surface area contributed by atoms with Crippen molar-refractivity contribution in [3.05, 3.63) is 0 Å². The van der Waals surface area contributed by atoms with E-state index in [1.165, 1.54) is 18.1 Å². The van der Waals surface area contributed by atoms with Crippen molar-refractivity contribution in [1.82, 2.24) is 0 Å². The molecule has 1 rings (SSSR count). The lowest BCUT2D eigenvalue weighted by atomic mass is 10.5. The van der Waals surface area contributed by atoms with Crippen LogP contribution in [0.2, 0.25) is 18.1 Å². The summed E-state index contributed by atoms with van der Waals surface area (Å²) in [6.45, 7) is 8.68. The van der Waals surface area contributed by atoms with E-state index < -0.39 is 8.07 Å². The van der Waals surface area contributed by atoms with Gasteiger partial charge >= 0.3 is 0 Å². The van der Waals surface area contributed by atoms with E-state index in [0.29, 0.717) is 0 Å². The van der Waals surface area contributed by atoms with Crippen LogP contribution in [0.15, 0.2) is 0 Å². The molecule has 0 spiro atoms. The molecule has 1 heterocycles. The first-order chi connectivity index (χ1) is 6.29. The third kappa shape index (κ3) is 2.33.